The van der Waals surface area contributed by atoms with E-state index in [0.29, 0.717) is 23.9 Å². The second kappa shape index (κ2) is 9.14. The Hall–Kier alpha value is -4.15. The van der Waals surface area contributed by atoms with Crippen molar-refractivity contribution in [3.8, 4) is 39.0 Å². The molecule has 5 aromatic heterocycles. The number of halogens is 1. The van der Waals surface area contributed by atoms with E-state index in [1.54, 1.807) is 24.7 Å². The number of aromatic nitrogens is 6. The van der Waals surface area contributed by atoms with Gasteiger partial charge in [-0.3, -0.25) is 15.1 Å². The molecule has 0 spiro atoms. The van der Waals surface area contributed by atoms with E-state index >= 15 is 0 Å². The highest BCUT2D eigenvalue weighted by atomic mass is 32.1. The molecule has 10 heteroatoms. The number of nitrogens with one attached hydrogen (secondary N) is 2. The van der Waals surface area contributed by atoms with Crippen molar-refractivity contribution in [2.75, 3.05) is 27.2 Å². The molecule has 2 N–H and O–H groups in total. The van der Waals surface area contributed by atoms with Gasteiger partial charge < -0.3 is 14.6 Å². The monoisotopic (exact) mass is 499 g/mol. The average Bonchev–Trinajstić information content (AvgIpc) is 3.61. The van der Waals surface area contributed by atoms with Gasteiger partial charge in [0.05, 0.1) is 34.6 Å². The van der Waals surface area contributed by atoms with Gasteiger partial charge in [-0.25, -0.2) is 4.98 Å². The quantitative estimate of drug-likeness (QED) is 0.307. The van der Waals surface area contributed by atoms with Crippen molar-refractivity contribution >= 4 is 33.3 Å². The Morgan fingerprint density at radius 1 is 1.06 bits per heavy atom. The van der Waals surface area contributed by atoms with Crippen molar-refractivity contribution in [3.63, 3.8) is 0 Å². The molecule has 0 saturated heterocycles. The lowest BCUT2D eigenvalue weighted by Crippen LogP contribution is -2.19. The topological polar surface area (TPSA) is 95.6 Å². The third-order valence-electron chi connectivity index (χ3n) is 5.84. The molecule has 0 aliphatic rings. The Morgan fingerprint density at radius 2 is 1.97 bits per heavy atom. The molecule has 8 nitrogen and oxygen atoms in total. The first kappa shape index (κ1) is 22.3. The molecule has 0 radical (unpaired) electrons. The van der Waals surface area contributed by atoms with Crippen LogP contribution in [0.2, 0.25) is 0 Å². The largest absolute Gasteiger partial charge is 0.491 e. The Balaban J connectivity index is 1.37. The number of H-pyrrole nitrogens is 2. The van der Waals surface area contributed by atoms with Crippen LogP contribution in [-0.4, -0.2) is 62.3 Å². The maximum atomic E-state index is 13.7. The second-order valence-electron chi connectivity index (χ2n) is 8.64. The van der Waals surface area contributed by atoms with E-state index in [-0.39, 0.29) is 5.13 Å². The fraction of sp³-hybridized carbons (Fsp3) is 0.154. The molecule has 180 valence electrons. The molecule has 0 fully saturated rings. The number of hydrogen-bond donors (Lipinski definition) is 2. The molecule has 6 aromatic rings. The van der Waals surface area contributed by atoms with Gasteiger partial charge in [-0.05, 0) is 44.4 Å². The first-order valence-electron chi connectivity index (χ1n) is 11.4. The van der Waals surface area contributed by atoms with Gasteiger partial charge in [-0.1, -0.05) is 12.1 Å². The summed E-state index contributed by atoms with van der Waals surface area (Å²) < 4.78 is 19.5. The lowest BCUT2D eigenvalue weighted by Gasteiger charge is -2.11. The summed E-state index contributed by atoms with van der Waals surface area (Å²) in [5.74, 6) is 1.32. The molecular formula is C26H22FN7OS. The van der Waals surface area contributed by atoms with Gasteiger partial charge in [0.2, 0.25) is 0 Å². The number of para-hydroxylation sites is 1. The maximum Gasteiger partial charge on any atom is 0.176 e. The molecule has 0 aliphatic heterocycles. The standard InChI is InChI=1S/C26H22FN7OS/c1-34(2)8-9-35-16-10-15(12-28-13-16)20-11-18-21(14-29-20)32-33-25(18)26-30-19-5-3-4-17(24(19)31-26)22-6-7-23(27)36-22/h3-7,10-14H,8-9H2,1-2H3,(H,30,31)(H,32,33). The number of likely N-dealkylation sites (N-methyl/N-ethyl adjacent to an activating group) is 1. The Kier molecular flexibility index (Phi) is 5.67. The first-order valence-corrected chi connectivity index (χ1v) is 12.2. The molecule has 0 amide bonds. The van der Waals surface area contributed by atoms with Crippen molar-refractivity contribution in [1.82, 2.24) is 35.0 Å². The van der Waals surface area contributed by atoms with Crippen molar-refractivity contribution < 1.29 is 9.13 Å². The van der Waals surface area contributed by atoms with Crippen LogP contribution in [0.4, 0.5) is 4.39 Å². The summed E-state index contributed by atoms with van der Waals surface area (Å²) >= 11 is 1.10. The minimum Gasteiger partial charge on any atom is -0.491 e. The van der Waals surface area contributed by atoms with E-state index < -0.39 is 0 Å². The van der Waals surface area contributed by atoms with Gasteiger partial charge in [-0.2, -0.15) is 9.49 Å². The van der Waals surface area contributed by atoms with E-state index in [2.05, 4.69) is 30.0 Å². The highest BCUT2D eigenvalue weighted by Gasteiger charge is 2.17. The molecule has 0 saturated carbocycles. The van der Waals surface area contributed by atoms with Crippen LogP contribution in [0, 0.1) is 5.13 Å². The van der Waals surface area contributed by atoms with Crippen LogP contribution in [-0.2, 0) is 0 Å². The summed E-state index contributed by atoms with van der Waals surface area (Å²) in [6.45, 7) is 1.39. The first-order chi connectivity index (χ1) is 17.5. The normalized spacial score (nSPS) is 11.7. The summed E-state index contributed by atoms with van der Waals surface area (Å²) in [5.41, 5.74) is 5.57. The fourth-order valence-corrected chi connectivity index (χ4v) is 4.80. The summed E-state index contributed by atoms with van der Waals surface area (Å²) in [4.78, 5) is 20.0. The lowest BCUT2D eigenvalue weighted by atomic mass is 10.1. The fourth-order valence-electron chi connectivity index (χ4n) is 4.04. The molecule has 0 unspecified atom stereocenters. The number of pyridine rings is 2. The zero-order valence-corrected chi connectivity index (χ0v) is 20.4. The van der Waals surface area contributed by atoms with Gasteiger partial charge in [0.1, 0.15) is 18.1 Å². The number of benzene rings is 1. The second-order valence-corrected chi connectivity index (χ2v) is 9.67. The van der Waals surface area contributed by atoms with Gasteiger partial charge in [0, 0.05) is 34.1 Å². The van der Waals surface area contributed by atoms with E-state index in [4.69, 9.17) is 9.72 Å². The van der Waals surface area contributed by atoms with E-state index in [9.17, 15) is 4.39 Å². The number of fused-ring (bicyclic) bond motifs is 2. The summed E-state index contributed by atoms with van der Waals surface area (Å²) in [5, 5.41) is 8.21. The lowest BCUT2D eigenvalue weighted by molar-refractivity contribution is 0.261. The van der Waals surface area contributed by atoms with Gasteiger partial charge in [-0.15, -0.1) is 11.3 Å². The van der Waals surface area contributed by atoms with E-state index in [0.717, 1.165) is 61.5 Å². The summed E-state index contributed by atoms with van der Waals surface area (Å²) in [7, 11) is 4.01. The molecule has 1 aromatic carbocycles. The smallest absolute Gasteiger partial charge is 0.176 e. The number of hydrogen-bond acceptors (Lipinski definition) is 7. The van der Waals surface area contributed by atoms with E-state index in [1.807, 2.05) is 44.4 Å². The minimum absolute atomic E-state index is 0.224. The number of thiophene rings is 1. The van der Waals surface area contributed by atoms with Crippen LogP contribution in [0.3, 0.4) is 0 Å². The molecule has 0 aliphatic carbocycles. The van der Waals surface area contributed by atoms with Crippen LogP contribution >= 0.6 is 11.3 Å². The Bertz CT molecular complexity index is 1690. The molecule has 6 rings (SSSR count). The van der Waals surface area contributed by atoms with Crippen molar-refractivity contribution in [2.24, 2.45) is 0 Å². The number of nitrogens with zero attached hydrogens (tertiary/aromatic N) is 5. The van der Waals surface area contributed by atoms with Gasteiger partial charge in [0.25, 0.3) is 0 Å². The molecule has 5 heterocycles. The molecule has 0 atom stereocenters. The van der Waals surface area contributed by atoms with Crippen LogP contribution < -0.4 is 4.74 Å². The van der Waals surface area contributed by atoms with Crippen LogP contribution in [0.15, 0.2) is 61.1 Å². The van der Waals surface area contributed by atoms with Crippen LogP contribution in [0.25, 0.3) is 55.2 Å². The van der Waals surface area contributed by atoms with Gasteiger partial charge in [0.15, 0.2) is 11.0 Å². The summed E-state index contributed by atoms with van der Waals surface area (Å²) in [6, 6.07) is 13.0. The predicted molar refractivity (Wildman–Crippen MR) is 140 cm³/mol. The predicted octanol–water partition coefficient (Wildman–Crippen LogP) is 5.37. The van der Waals surface area contributed by atoms with Gasteiger partial charge >= 0.3 is 0 Å². The average molecular weight is 500 g/mol. The summed E-state index contributed by atoms with van der Waals surface area (Å²) in [6.07, 6.45) is 5.22. The number of rotatable bonds is 7. The SMILES string of the molecule is CN(C)CCOc1cncc(-c2cc3c(-c4nc5c(-c6ccc(F)s6)cccc5[nH]4)n[nH]c3cn2)c1. The Morgan fingerprint density at radius 3 is 2.81 bits per heavy atom. The zero-order chi connectivity index (χ0) is 24.6. The third-order valence-corrected chi connectivity index (χ3v) is 6.75. The van der Waals surface area contributed by atoms with Crippen molar-refractivity contribution in [1.29, 1.82) is 0 Å². The number of ether oxygens (including phenoxy) is 1. The van der Waals surface area contributed by atoms with Crippen LogP contribution in [0.1, 0.15) is 0 Å². The minimum atomic E-state index is -0.224. The number of imidazole rings is 1. The third kappa shape index (κ3) is 4.21. The van der Waals surface area contributed by atoms with Crippen molar-refractivity contribution in [2.45, 2.75) is 0 Å². The highest BCUT2D eigenvalue weighted by molar-refractivity contribution is 7.14. The van der Waals surface area contributed by atoms with Crippen molar-refractivity contribution in [3.05, 3.63) is 66.2 Å². The molecular weight excluding hydrogens is 477 g/mol. The Labute approximate surface area is 209 Å². The zero-order valence-electron chi connectivity index (χ0n) is 19.6. The maximum absolute atomic E-state index is 13.7. The van der Waals surface area contributed by atoms with Crippen LogP contribution in [0.5, 0.6) is 5.75 Å². The number of aromatic amines is 2. The molecule has 0 bridgehead atoms. The van der Waals surface area contributed by atoms with E-state index in [1.165, 1.54) is 6.07 Å². The molecule has 36 heavy (non-hydrogen) atoms. The highest BCUT2D eigenvalue weighted by Crippen LogP contribution is 2.35.